The second kappa shape index (κ2) is 19.0. The summed E-state index contributed by atoms with van der Waals surface area (Å²) < 4.78 is 31.1. The first-order valence-electron chi connectivity index (χ1n) is 15.5. The molecule has 2 rings (SSSR count). The van der Waals surface area contributed by atoms with Crippen molar-refractivity contribution in [2.24, 2.45) is 0 Å². The van der Waals surface area contributed by atoms with E-state index in [1.54, 1.807) is 0 Å². The summed E-state index contributed by atoms with van der Waals surface area (Å²) in [6.07, 6.45) is 31.2. The van der Waals surface area contributed by atoms with Crippen LogP contribution in [-0.4, -0.2) is 44.1 Å². The van der Waals surface area contributed by atoms with Crippen LogP contribution in [0.3, 0.4) is 0 Å². The molecule has 0 aromatic carbocycles. The number of nitrogens with zero attached hydrogens (tertiary/aromatic N) is 1. The maximum atomic E-state index is 13.0. The van der Waals surface area contributed by atoms with Gasteiger partial charge in [0.1, 0.15) is 0 Å². The first kappa shape index (κ1) is 32.0. The lowest BCUT2D eigenvalue weighted by Crippen LogP contribution is -2.51. The fraction of sp³-hybridized carbons (Fsp3) is 0.933. The van der Waals surface area contributed by atoms with Gasteiger partial charge in [-0.15, -0.1) is 0 Å². The van der Waals surface area contributed by atoms with E-state index in [0.717, 1.165) is 43.1 Å². The number of rotatable bonds is 21. The topological polar surface area (TPSA) is 44.8 Å². The van der Waals surface area contributed by atoms with Crippen molar-refractivity contribution in [3.63, 3.8) is 0 Å². The summed E-state index contributed by atoms with van der Waals surface area (Å²) in [5.41, 5.74) is 0. The summed E-state index contributed by atoms with van der Waals surface area (Å²) in [5, 5.41) is 0. The molecule has 2 saturated heterocycles. The van der Waals surface area contributed by atoms with Gasteiger partial charge in [0, 0.05) is 0 Å². The van der Waals surface area contributed by atoms with Gasteiger partial charge < -0.3 is 4.48 Å². The van der Waals surface area contributed by atoms with Gasteiger partial charge in [0.25, 0.3) is 0 Å². The van der Waals surface area contributed by atoms with E-state index >= 15 is 0 Å². The smallest absolute Gasteiger partial charge is 0.303 e. The third-order valence-corrected chi connectivity index (χ3v) is 9.50. The van der Waals surface area contributed by atoms with E-state index in [1.807, 2.05) is 0 Å². The molecule has 2 heterocycles. The lowest BCUT2D eigenvalue weighted by atomic mass is 10.1. The third kappa shape index (κ3) is 14.1. The standard InChI is InChI=1S/C30H59NO4P/c1-4-5-6-7-8-9-10-11-12-13-14-15-16-17-18-19-20-21-22-23-27-33-36(32)34-29-25-24-26-31(2,3)30(28-29)35-36/h11-12,29-30H,4-10,13-28H2,1-3H3/q+1. The Morgan fingerprint density at radius 3 is 1.89 bits per heavy atom. The number of phosphoric acid groups is 1. The number of fused-ring (bicyclic) bond motifs is 2. The maximum absolute atomic E-state index is 13.0. The molecule has 0 amide bonds. The largest absolute Gasteiger partial charge is 0.479 e. The molecular formula is C30H59NO4P+. The van der Waals surface area contributed by atoms with Gasteiger partial charge in [-0.3, -0.25) is 9.05 Å². The molecule has 0 aromatic rings. The number of hydrogen-bond acceptors (Lipinski definition) is 4. The molecule has 0 aliphatic carbocycles. The predicted molar refractivity (Wildman–Crippen MR) is 152 cm³/mol. The van der Waals surface area contributed by atoms with E-state index in [1.165, 1.54) is 103 Å². The molecule has 212 valence electrons. The summed E-state index contributed by atoms with van der Waals surface area (Å²) in [4.78, 5) is 0. The minimum atomic E-state index is -3.41. The molecule has 6 heteroatoms. The molecule has 0 saturated carbocycles. The molecule has 3 atom stereocenters. The molecule has 2 fully saturated rings. The molecule has 2 aliphatic rings. The highest BCUT2D eigenvalue weighted by Crippen LogP contribution is 2.57. The Morgan fingerprint density at radius 2 is 1.31 bits per heavy atom. The Labute approximate surface area is 223 Å². The Balaban J connectivity index is 1.34. The summed E-state index contributed by atoms with van der Waals surface area (Å²) in [6, 6.07) is 0. The molecule has 0 radical (unpaired) electrons. The summed E-state index contributed by atoms with van der Waals surface area (Å²) in [7, 11) is 0.890. The number of allylic oxidation sites excluding steroid dienone is 2. The fourth-order valence-electron chi connectivity index (χ4n) is 5.42. The molecule has 3 unspecified atom stereocenters. The number of likely N-dealkylation sites (tertiary alicyclic amines) is 1. The number of unbranched alkanes of at least 4 members (excludes halogenated alkanes) is 16. The van der Waals surface area contributed by atoms with E-state index in [9.17, 15) is 4.57 Å². The highest BCUT2D eigenvalue weighted by molar-refractivity contribution is 7.48. The van der Waals surface area contributed by atoms with Crippen molar-refractivity contribution in [2.45, 2.75) is 154 Å². The lowest BCUT2D eigenvalue weighted by molar-refractivity contribution is -0.933. The van der Waals surface area contributed by atoms with E-state index in [-0.39, 0.29) is 12.3 Å². The van der Waals surface area contributed by atoms with Crippen LogP contribution < -0.4 is 0 Å². The second-order valence-electron chi connectivity index (χ2n) is 11.8. The highest BCUT2D eigenvalue weighted by atomic mass is 31.2. The van der Waals surface area contributed by atoms with Gasteiger partial charge in [-0.2, -0.15) is 0 Å². The average Bonchev–Trinajstić information content (AvgIpc) is 2.94. The van der Waals surface area contributed by atoms with Crippen LogP contribution in [0.15, 0.2) is 12.2 Å². The van der Waals surface area contributed by atoms with Crippen LogP contribution in [0.5, 0.6) is 0 Å². The van der Waals surface area contributed by atoms with Gasteiger partial charge in [-0.1, -0.05) is 103 Å². The lowest BCUT2D eigenvalue weighted by Gasteiger charge is -2.40. The van der Waals surface area contributed by atoms with Crippen LogP contribution in [0, 0.1) is 0 Å². The Kier molecular flexibility index (Phi) is 16.9. The molecular weight excluding hydrogens is 469 g/mol. The average molecular weight is 529 g/mol. The Morgan fingerprint density at radius 1 is 0.778 bits per heavy atom. The van der Waals surface area contributed by atoms with Crippen LogP contribution in [0.2, 0.25) is 0 Å². The zero-order chi connectivity index (χ0) is 26.0. The maximum Gasteiger partial charge on any atom is 0.479 e. The van der Waals surface area contributed by atoms with E-state index in [2.05, 4.69) is 33.2 Å². The van der Waals surface area contributed by atoms with Crippen LogP contribution in [0.1, 0.15) is 142 Å². The first-order chi connectivity index (χ1) is 17.5. The first-order valence-corrected chi connectivity index (χ1v) is 17.0. The van der Waals surface area contributed by atoms with Gasteiger partial charge in [0.15, 0.2) is 0 Å². The zero-order valence-electron chi connectivity index (χ0n) is 24.1. The molecule has 0 N–H and O–H groups in total. The minimum absolute atomic E-state index is 0.0147. The minimum Gasteiger partial charge on any atom is -0.303 e. The van der Waals surface area contributed by atoms with Crippen molar-refractivity contribution in [1.29, 1.82) is 0 Å². The van der Waals surface area contributed by atoms with Crippen molar-refractivity contribution in [1.82, 2.24) is 0 Å². The van der Waals surface area contributed by atoms with Crippen molar-refractivity contribution >= 4 is 7.82 Å². The third-order valence-electron chi connectivity index (χ3n) is 7.94. The van der Waals surface area contributed by atoms with Crippen LogP contribution in [-0.2, 0) is 18.1 Å². The van der Waals surface area contributed by atoms with Gasteiger partial charge in [0.2, 0.25) is 6.23 Å². The normalized spacial score (nSPS) is 25.9. The zero-order valence-corrected chi connectivity index (χ0v) is 25.0. The van der Waals surface area contributed by atoms with Gasteiger partial charge >= 0.3 is 7.82 Å². The second-order valence-corrected chi connectivity index (χ2v) is 13.4. The van der Waals surface area contributed by atoms with Crippen LogP contribution in [0.4, 0.5) is 0 Å². The molecule has 0 spiro atoms. The monoisotopic (exact) mass is 528 g/mol. The van der Waals surface area contributed by atoms with Crippen molar-refractivity contribution in [3.05, 3.63) is 12.2 Å². The van der Waals surface area contributed by atoms with Crippen LogP contribution >= 0.6 is 7.82 Å². The number of quaternary nitrogens is 1. The molecule has 5 nitrogen and oxygen atoms in total. The molecule has 36 heavy (non-hydrogen) atoms. The van der Waals surface area contributed by atoms with Gasteiger partial charge in [-0.25, -0.2) is 9.09 Å². The number of phosphoric ester groups is 1. The SMILES string of the molecule is CCCCCCCCC=CCCCCCCCCCCCCOP1(=O)OC2CCC[N+](C)(C)C(C2)O1. The molecule has 2 bridgehead atoms. The van der Waals surface area contributed by atoms with Crippen molar-refractivity contribution in [2.75, 3.05) is 27.2 Å². The van der Waals surface area contributed by atoms with E-state index in [0.29, 0.717) is 6.61 Å². The van der Waals surface area contributed by atoms with E-state index < -0.39 is 7.82 Å². The summed E-state index contributed by atoms with van der Waals surface area (Å²) >= 11 is 0. The fourth-order valence-corrected chi connectivity index (χ4v) is 7.14. The van der Waals surface area contributed by atoms with Gasteiger partial charge in [0.05, 0.1) is 39.8 Å². The van der Waals surface area contributed by atoms with Crippen molar-refractivity contribution in [3.8, 4) is 0 Å². The Bertz CT molecular complexity index is 624. The highest BCUT2D eigenvalue weighted by Gasteiger charge is 2.48. The Hall–Kier alpha value is -0.190. The quantitative estimate of drug-likeness (QED) is 0.0644. The van der Waals surface area contributed by atoms with Crippen LogP contribution in [0.25, 0.3) is 0 Å². The molecule has 2 aliphatic heterocycles. The van der Waals surface area contributed by atoms with E-state index in [4.69, 9.17) is 13.6 Å². The van der Waals surface area contributed by atoms with Gasteiger partial charge in [-0.05, 0) is 44.9 Å². The summed E-state index contributed by atoms with van der Waals surface area (Å²) in [5.74, 6) is 0. The molecule has 0 aromatic heterocycles. The predicted octanol–water partition coefficient (Wildman–Crippen LogP) is 9.71. The van der Waals surface area contributed by atoms with Crippen molar-refractivity contribution < 1.29 is 22.6 Å². The number of hydrogen-bond donors (Lipinski definition) is 0. The summed E-state index contributed by atoms with van der Waals surface area (Å²) in [6.45, 7) is 3.78.